The molecule has 2 unspecified atom stereocenters. The van der Waals surface area contributed by atoms with Crippen molar-refractivity contribution in [3.05, 3.63) is 0 Å². The zero-order valence-corrected chi connectivity index (χ0v) is 10.3. The standard InChI is InChI=1S/C10H20N2O2S/c1-8-9(2)12(6-5-11-8)15(13,14)7-10-3-4-10/h8-11H,3-7H2,1-2H3. The summed E-state index contributed by atoms with van der Waals surface area (Å²) in [5.74, 6) is 0.803. The Balaban J connectivity index is 2.06. The Kier molecular flexibility index (Phi) is 3.05. The van der Waals surface area contributed by atoms with E-state index in [1.807, 2.05) is 13.8 Å². The molecule has 2 fully saturated rings. The predicted octanol–water partition coefficient (Wildman–Crippen LogP) is 0.408. The summed E-state index contributed by atoms with van der Waals surface area (Å²) in [4.78, 5) is 0. The van der Waals surface area contributed by atoms with Crippen LogP contribution in [-0.2, 0) is 10.0 Å². The molecule has 1 aliphatic carbocycles. The van der Waals surface area contributed by atoms with Crippen LogP contribution in [0.4, 0.5) is 0 Å². The molecule has 0 aromatic heterocycles. The molecule has 5 heteroatoms. The Morgan fingerprint density at radius 2 is 2.00 bits per heavy atom. The van der Waals surface area contributed by atoms with Gasteiger partial charge in [-0.25, -0.2) is 8.42 Å². The van der Waals surface area contributed by atoms with Crippen molar-refractivity contribution in [1.82, 2.24) is 9.62 Å². The molecule has 1 heterocycles. The zero-order valence-electron chi connectivity index (χ0n) is 9.44. The first-order valence-electron chi connectivity index (χ1n) is 5.73. The molecule has 2 atom stereocenters. The fraction of sp³-hybridized carbons (Fsp3) is 1.00. The molecule has 4 nitrogen and oxygen atoms in total. The van der Waals surface area contributed by atoms with Gasteiger partial charge in [-0.2, -0.15) is 4.31 Å². The molecule has 0 radical (unpaired) electrons. The van der Waals surface area contributed by atoms with Gasteiger partial charge in [-0.05, 0) is 32.6 Å². The Morgan fingerprint density at radius 3 is 2.60 bits per heavy atom. The summed E-state index contributed by atoms with van der Waals surface area (Å²) in [5.41, 5.74) is 0. The monoisotopic (exact) mass is 232 g/mol. The quantitative estimate of drug-likeness (QED) is 0.766. The first kappa shape index (κ1) is 11.4. The lowest BCUT2D eigenvalue weighted by Crippen LogP contribution is -2.57. The number of piperazine rings is 1. The molecule has 1 aliphatic heterocycles. The van der Waals surface area contributed by atoms with Crippen LogP contribution in [-0.4, -0.2) is 43.6 Å². The van der Waals surface area contributed by atoms with Gasteiger partial charge < -0.3 is 5.32 Å². The SMILES string of the molecule is CC1NCCN(S(=O)(=O)CC2CC2)C1C. The summed E-state index contributed by atoms with van der Waals surface area (Å²) in [5, 5.41) is 3.30. The molecule has 2 rings (SSSR count). The van der Waals surface area contributed by atoms with Crippen LogP contribution >= 0.6 is 0 Å². The highest BCUT2D eigenvalue weighted by Crippen LogP contribution is 2.31. The van der Waals surface area contributed by atoms with Crippen LogP contribution < -0.4 is 5.32 Å². The van der Waals surface area contributed by atoms with Crippen LogP contribution in [0.2, 0.25) is 0 Å². The van der Waals surface area contributed by atoms with E-state index in [4.69, 9.17) is 0 Å². The molecule has 1 saturated heterocycles. The second-order valence-corrected chi connectivity index (χ2v) is 6.78. The maximum Gasteiger partial charge on any atom is 0.214 e. The van der Waals surface area contributed by atoms with Crippen molar-refractivity contribution < 1.29 is 8.42 Å². The lowest BCUT2D eigenvalue weighted by atomic mass is 10.1. The van der Waals surface area contributed by atoms with Gasteiger partial charge in [0.1, 0.15) is 0 Å². The maximum absolute atomic E-state index is 12.1. The van der Waals surface area contributed by atoms with Crippen molar-refractivity contribution in [2.45, 2.75) is 38.8 Å². The first-order chi connectivity index (χ1) is 7.00. The van der Waals surface area contributed by atoms with E-state index in [1.165, 1.54) is 0 Å². The summed E-state index contributed by atoms with van der Waals surface area (Å²) in [7, 11) is -3.01. The third-order valence-electron chi connectivity index (χ3n) is 3.48. The molecule has 0 bridgehead atoms. The summed E-state index contributed by atoms with van der Waals surface area (Å²) in [6, 6.07) is 0.343. The average Bonchev–Trinajstić information content (AvgIpc) is 2.92. The number of hydrogen-bond donors (Lipinski definition) is 1. The topological polar surface area (TPSA) is 49.4 Å². The van der Waals surface area contributed by atoms with Gasteiger partial charge in [0, 0.05) is 25.2 Å². The first-order valence-corrected chi connectivity index (χ1v) is 7.34. The van der Waals surface area contributed by atoms with Crippen molar-refractivity contribution in [1.29, 1.82) is 0 Å². The normalized spacial score (nSPS) is 34.3. The smallest absolute Gasteiger partial charge is 0.214 e. The minimum Gasteiger partial charge on any atom is -0.311 e. The van der Waals surface area contributed by atoms with E-state index in [-0.39, 0.29) is 12.1 Å². The third-order valence-corrected chi connectivity index (χ3v) is 5.60. The highest BCUT2D eigenvalue weighted by atomic mass is 32.2. The van der Waals surface area contributed by atoms with Crippen molar-refractivity contribution >= 4 is 10.0 Å². The largest absolute Gasteiger partial charge is 0.311 e. The van der Waals surface area contributed by atoms with Gasteiger partial charge in [0.15, 0.2) is 0 Å². The molecule has 1 saturated carbocycles. The minimum absolute atomic E-state index is 0.0856. The van der Waals surface area contributed by atoms with Crippen LogP contribution in [0.25, 0.3) is 0 Å². The highest BCUT2D eigenvalue weighted by molar-refractivity contribution is 7.89. The van der Waals surface area contributed by atoms with Crippen molar-refractivity contribution in [3.8, 4) is 0 Å². The van der Waals surface area contributed by atoms with Gasteiger partial charge in [0.25, 0.3) is 0 Å². The zero-order chi connectivity index (χ0) is 11.1. The van der Waals surface area contributed by atoms with E-state index in [0.29, 0.717) is 18.2 Å². The molecular weight excluding hydrogens is 212 g/mol. The van der Waals surface area contributed by atoms with E-state index in [0.717, 1.165) is 19.4 Å². The lowest BCUT2D eigenvalue weighted by Gasteiger charge is -2.37. The van der Waals surface area contributed by atoms with Gasteiger partial charge in [0.2, 0.25) is 10.0 Å². The van der Waals surface area contributed by atoms with E-state index < -0.39 is 10.0 Å². The van der Waals surface area contributed by atoms with Gasteiger partial charge in [0.05, 0.1) is 5.75 Å². The lowest BCUT2D eigenvalue weighted by molar-refractivity contribution is 0.232. The second kappa shape index (κ2) is 4.03. The van der Waals surface area contributed by atoms with Gasteiger partial charge in [-0.1, -0.05) is 0 Å². The Bertz CT molecular complexity index is 324. The molecule has 88 valence electrons. The maximum atomic E-state index is 12.1. The van der Waals surface area contributed by atoms with Crippen molar-refractivity contribution in [2.24, 2.45) is 5.92 Å². The third kappa shape index (κ3) is 2.52. The Morgan fingerprint density at radius 1 is 1.33 bits per heavy atom. The van der Waals surface area contributed by atoms with E-state index in [1.54, 1.807) is 4.31 Å². The number of nitrogens with one attached hydrogen (secondary N) is 1. The fourth-order valence-electron chi connectivity index (χ4n) is 2.10. The summed E-state index contributed by atoms with van der Waals surface area (Å²) in [6.07, 6.45) is 2.19. The van der Waals surface area contributed by atoms with E-state index >= 15 is 0 Å². The molecule has 0 aromatic carbocycles. The van der Waals surface area contributed by atoms with Crippen LogP contribution in [0.3, 0.4) is 0 Å². The van der Waals surface area contributed by atoms with E-state index in [9.17, 15) is 8.42 Å². The van der Waals surface area contributed by atoms with Crippen LogP contribution in [0.1, 0.15) is 26.7 Å². The Hall–Kier alpha value is -0.130. The van der Waals surface area contributed by atoms with Crippen LogP contribution in [0, 0.1) is 5.92 Å². The van der Waals surface area contributed by atoms with Gasteiger partial charge in [-0.15, -0.1) is 0 Å². The number of sulfonamides is 1. The molecule has 0 amide bonds. The second-order valence-electron chi connectivity index (χ2n) is 4.82. The molecule has 0 spiro atoms. The van der Waals surface area contributed by atoms with E-state index in [2.05, 4.69) is 5.32 Å². The number of hydrogen-bond acceptors (Lipinski definition) is 3. The highest BCUT2D eigenvalue weighted by Gasteiger charge is 2.37. The van der Waals surface area contributed by atoms with Crippen molar-refractivity contribution in [3.63, 3.8) is 0 Å². The number of rotatable bonds is 3. The predicted molar refractivity (Wildman–Crippen MR) is 60.1 cm³/mol. The summed E-state index contributed by atoms with van der Waals surface area (Å²) < 4.78 is 25.9. The Labute approximate surface area is 92.1 Å². The van der Waals surface area contributed by atoms with Gasteiger partial charge in [-0.3, -0.25) is 0 Å². The van der Waals surface area contributed by atoms with Gasteiger partial charge >= 0.3 is 0 Å². The van der Waals surface area contributed by atoms with Crippen LogP contribution in [0.5, 0.6) is 0 Å². The summed E-state index contributed by atoms with van der Waals surface area (Å²) in [6.45, 7) is 5.43. The fourth-order valence-corrected chi connectivity index (χ4v) is 4.28. The number of nitrogens with zero attached hydrogens (tertiary/aromatic N) is 1. The summed E-state index contributed by atoms with van der Waals surface area (Å²) >= 11 is 0. The van der Waals surface area contributed by atoms with Crippen molar-refractivity contribution in [2.75, 3.05) is 18.8 Å². The molecule has 0 aromatic rings. The average molecular weight is 232 g/mol. The molecular formula is C10H20N2O2S. The molecule has 15 heavy (non-hydrogen) atoms. The minimum atomic E-state index is -3.01. The van der Waals surface area contributed by atoms with Crippen LogP contribution in [0.15, 0.2) is 0 Å². The molecule has 1 N–H and O–H groups in total. The molecule has 2 aliphatic rings.